The van der Waals surface area contributed by atoms with Gasteiger partial charge in [0.2, 0.25) is 17.7 Å². The average Bonchev–Trinajstić information content (AvgIpc) is 3.67. The van der Waals surface area contributed by atoms with E-state index in [1.54, 1.807) is 0 Å². The standard InChI is InChI=1S/C29H43N8O19P3/c1-29(2,24(43)27(44)33-4-3-19(40)31-5-6-32-20(41)9-15-7-16(38)10-17(39)8-15)12-53-59(50,51)56-58(48,49)52-11-18-23(55-57(45,46)47)22(42)28(54-18)37-14-36-21-25(30)34-13-35-26(21)37/h7-8,10,13-14,18,22-24,28,38-39,42-43H,3-6,9,11-12H2,1-2H3,(H,31,40)(H,32,41)(H,33,44)(H,48,49)(H,50,51)(H2,30,34,35)(H2,45,46,47)/t18-,22-,23-,24+,28-/m1/s1. The smallest absolute Gasteiger partial charge is 0.481 e. The van der Waals surface area contributed by atoms with E-state index in [0.717, 1.165) is 23.3 Å². The van der Waals surface area contributed by atoms with Gasteiger partial charge in [0.1, 0.15) is 47.8 Å². The number of benzene rings is 1. The van der Waals surface area contributed by atoms with Crippen molar-refractivity contribution in [2.45, 2.75) is 57.3 Å². The van der Waals surface area contributed by atoms with Gasteiger partial charge in [0.05, 0.1) is 26.0 Å². The molecule has 2 aromatic heterocycles. The van der Waals surface area contributed by atoms with Gasteiger partial charge in [-0.3, -0.25) is 32.5 Å². The quantitative estimate of drug-likeness (QED) is 0.0413. The Morgan fingerprint density at radius 1 is 0.932 bits per heavy atom. The monoisotopic (exact) mass is 900 g/mol. The molecule has 0 bridgehead atoms. The third-order valence-corrected chi connectivity index (χ3v) is 11.3. The number of amides is 3. The van der Waals surface area contributed by atoms with Gasteiger partial charge in [0, 0.05) is 37.5 Å². The lowest BCUT2D eigenvalue weighted by Crippen LogP contribution is -2.46. The fraction of sp³-hybridized carbons (Fsp3) is 0.517. The molecule has 2 unspecified atom stereocenters. The Balaban J connectivity index is 1.21. The van der Waals surface area contributed by atoms with Crippen LogP contribution in [0.5, 0.6) is 11.5 Å². The molecular weight excluding hydrogens is 857 g/mol. The van der Waals surface area contributed by atoms with E-state index in [2.05, 4.69) is 39.7 Å². The van der Waals surface area contributed by atoms with Crippen molar-refractivity contribution in [2.75, 3.05) is 38.6 Å². The molecule has 30 heteroatoms. The highest BCUT2D eigenvalue weighted by Crippen LogP contribution is 2.61. The lowest BCUT2D eigenvalue weighted by Gasteiger charge is -2.30. The van der Waals surface area contributed by atoms with Gasteiger partial charge >= 0.3 is 23.5 Å². The average molecular weight is 901 g/mol. The molecule has 3 amide bonds. The molecule has 3 heterocycles. The topological polar surface area (TPSA) is 416 Å². The van der Waals surface area contributed by atoms with Crippen LogP contribution in [0.2, 0.25) is 0 Å². The second kappa shape index (κ2) is 19.5. The van der Waals surface area contributed by atoms with E-state index >= 15 is 0 Å². The normalized spacial score (nSPS) is 21.0. The minimum absolute atomic E-state index is 0.0189. The number of hydrogen-bond acceptors (Lipinski definition) is 19. The molecule has 27 nitrogen and oxygen atoms in total. The summed E-state index contributed by atoms with van der Waals surface area (Å²) in [6, 6.07) is 3.72. The molecule has 328 valence electrons. The van der Waals surface area contributed by atoms with Crippen LogP contribution < -0.4 is 21.7 Å². The van der Waals surface area contributed by atoms with Crippen molar-refractivity contribution in [3.63, 3.8) is 0 Å². The van der Waals surface area contributed by atoms with E-state index in [4.69, 9.17) is 19.5 Å². The number of carbonyl (C=O) groups excluding carboxylic acids is 3. The number of aromatic nitrogens is 4. The number of nitrogens with zero attached hydrogens (tertiary/aromatic N) is 4. The van der Waals surface area contributed by atoms with Crippen LogP contribution in [0.15, 0.2) is 30.9 Å². The highest BCUT2D eigenvalue weighted by Gasteiger charge is 2.50. The number of aromatic hydroxyl groups is 2. The van der Waals surface area contributed by atoms with Crippen LogP contribution in [0.4, 0.5) is 5.82 Å². The molecular formula is C29H43N8O19P3. The zero-order valence-corrected chi connectivity index (χ0v) is 33.7. The number of rotatable bonds is 21. The van der Waals surface area contributed by atoms with E-state index in [-0.39, 0.29) is 61.0 Å². The molecule has 1 aliphatic heterocycles. The van der Waals surface area contributed by atoms with Crippen LogP contribution in [0.3, 0.4) is 0 Å². The molecule has 0 aliphatic carbocycles. The Hall–Kier alpha value is -4.17. The van der Waals surface area contributed by atoms with Gasteiger partial charge in [-0.1, -0.05) is 13.8 Å². The van der Waals surface area contributed by atoms with Crippen molar-refractivity contribution < 1.29 is 90.7 Å². The molecule has 1 aromatic carbocycles. The molecule has 0 radical (unpaired) electrons. The molecule has 0 saturated carbocycles. The second-order valence-electron chi connectivity index (χ2n) is 13.5. The van der Waals surface area contributed by atoms with Crippen LogP contribution in [0.25, 0.3) is 11.2 Å². The summed E-state index contributed by atoms with van der Waals surface area (Å²) in [6.45, 7) is 0.176. The maximum Gasteiger partial charge on any atom is 0.481 e. The zero-order chi connectivity index (χ0) is 43.9. The first-order chi connectivity index (χ1) is 27.4. The lowest BCUT2D eigenvalue weighted by molar-refractivity contribution is -0.137. The maximum atomic E-state index is 12.7. The van der Waals surface area contributed by atoms with Gasteiger partial charge < -0.3 is 66.4 Å². The maximum absolute atomic E-state index is 12.7. The first-order valence-corrected chi connectivity index (χ1v) is 21.6. The van der Waals surface area contributed by atoms with Crippen molar-refractivity contribution in [1.29, 1.82) is 0 Å². The molecule has 1 saturated heterocycles. The van der Waals surface area contributed by atoms with Crippen LogP contribution in [-0.4, -0.2) is 135 Å². The molecule has 0 spiro atoms. The number of imidazole rings is 1. The highest BCUT2D eigenvalue weighted by atomic mass is 31.3. The number of fused-ring (bicyclic) bond motifs is 1. The summed E-state index contributed by atoms with van der Waals surface area (Å²) in [5.74, 6) is -2.48. The summed E-state index contributed by atoms with van der Waals surface area (Å²) in [5, 5.41) is 47.8. The number of nitrogens with one attached hydrogen (secondary N) is 3. The number of carbonyl (C=O) groups is 3. The Morgan fingerprint density at radius 2 is 1.56 bits per heavy atom. The van der Waals surface area contributed by atoms with Gasteiger partial charge in [0.15, 0.2) is 17.7 Å². The van der Waals surface area contributed by atoms with Gasteiger partial charge in [-0.05, 0) is 17.7 Å². The minimum Gasteiger partial charge on any atom is -0.508 e. The lowest BCUT2D eigenvalue weighted by atomic mass is 9.87. The first-order valence-electron chi connectivity index (χ1n) is 17.0. The molecule has 3 aromatic rings. The fourth-order valence-corrected chi connectivity index (χ4v) is 8.18. The van der Waals surface area contributed by atoms with Gasteiger partial charge in [0.25, 0.3) is 0 Å². The molecule has 59 heavy (non-hydrogen) atoms. The molecule has 13 N–H and O–H groups in total. The minimum atomic E-state index is -5.59. The largest absolute Gasteiger partial charge is 0.508 e. The summed E-state index contributed by atoms with van der Waals surface area (Å²) in [5.41, 5.74) is 4.56. The molecule has 7 atom stereocenters. The first kappa shape index (κ1) is 47.5. The van der Waals surface area contributed by atoms with Crippen LogP contribution in [0.1, 0.15) is 32.1 Å². The number of anilines is 1. The summed E-state index contributed by atoms with van der Waals surface area (Å²) >= 11 is 0. The van der Waals surface area contributed by atoms with Crippen molar-refractivity contribution in [3.05, 3.63) is 36.4 Å². The number of hydrogen-bond donors (Lipinski definition) is 12. The van der Waals surface area contributed by atoms with Crippen molar-refractivity contribution in [1.82, 2.24) is 35.5 Å². The van der Waals surface area contributed by atoms with Crippen molar-refractivity contribution in [3.8, 4) is 11.5 Å². The highest BCUT2D eigenvalue weighted by molar-refractivity contribution is 7.61. The number of ether oxygens (including phenoxy) is 1. The summed E-state index contributed by atoms with van der Waals surface area (Å²) in [6.07, 6.45) is -7.26. The van der Waals surface area contributed by atoms with Crippen LogP contribution in [0, 0.1) is 5.41 Å². The van der Waals surface area contributed by atoms with E-state index in [0.29, 0.717) is 5.56 Å². The van der Waals surface area contributed by atoms with Crippen molar-refractivity contribution in [2.24, 2.45) is 5.41 Å². The Labute approximate surface area is 333 Å². The number of nitrogens with two attached hydrogens (primary N) is 1. The van der Waals surface area contributed by atoms with Gasteiger partial charge in [-0.2, -0.15) is 4.31 Å². The predicted molar refractivity (Wildman–Crippen MR) is 196 cm³/mol. The number of nitrogen functional groups attached to an aromatic ring is 1. The van der Waals surface area contributed by atoms with E-state index in [1.165, 1.54) is 26.0 Å². The number of phosphoric acid groups is 3. The van der Waals surface area contributed by atoms with E-state index < -0.39 is 90.5 Å². The second-order valence-corrected chi connectivity index (χ2v) is 17.7. The Morgan fingerprint density at radius 3 is 2.20 bits per heavy atom. The number of phosphoric ester groups is 3. The van der Waals surface area contributed by atoms with Gasteiger partial charge in [-0.15, -0.1) is 0 Å². The summed E-state index contributed by atoms with van der Waals surface area (Å²) in [7, 11) is -16.5. The number of phenols is 2. The van der Waals surface area contributed by atoms with Crippen LogP contribution >= 0.6 is 23.5 Å². The Bertz CT molecular complexity index is 2120. The third-order valence-electron chi connectivity index (χ3n) is 8.17. The number of aliphatic hydroxyl groups excluding tert-OH is 2. The fourth-order valence-electron chi connectivity index (χ4n) is 5.35. The van der Waals surface area contributed by atoms with Gasteiger partial charge in [-0.25, -0.2) is 28.6 Å². The van der Waals surface area contributed by atoms with E-state index in [1.807, 2.05) is 0 Å². The number of aliphatic hydroxyl groups is 2. The summed E-state index contributed by atoms with van der Waals surface area (Å²) in [4.78, 5) is 87.7. The SMILES string of the molecule is CC(C)(COP(=O)(O)OP(=O)(O)OC[C@H]1O[C@@H](n2cnc3c(N)ncnc32)[C@H](O)[C@@H]1OP(=O)(O)O)[C@@H](O)C(=O)NCCC(=O)NCCNC(=O)Cc1cc(O)cc(O)c1. The number of phenolic OH excluding ortho intramolecular Hbond substituents is 2. The summed E-state index contributed by atoms with van der Waals surface area (Å²) < 4.78 is 62.1. The Kier molecular flexibility index (Phi) is 15.7. The predicted octanol–water partition coefficient (Wildman–Crippen LogP) is -1.82. The zero-order valence-electron chi connectivity index (χ0n) is 31.0. The molecule has 1 aliphatic rings. The van der Waals surface area contributed by atoms with Crippen molar-refractivity contribution >= 4 is 58.2 Å². The molecule has 1 fully saturated rings. The van der Waals surface area contributed by atoms with Crippen LogP contribution in [-0.2, 0) is 57.1 Å². The third kappa shape index (κ3) is 13.9. The molecule has 4 rings (SSSR count). The van der Waals surface area contributed by atoms with E-state index in [9.17, 15) is 68.1 Å².